The van der Waals surface area contributed by atoms with Crippen molar-refractivity contribution in [2.75, 3.05) is 0 Å². The van der Waals surface area contributed by atoms with Gasteiger partial charge < -0.3 is 4.74 Å². The fraction of sp³-hybridized carbons (Fsp3) is 0.250. The summed E-state index contributed by atoms with van der Waals surface area (Å²) in [6, 6.07) is 11.2. The molecule has 4 heteroatoms. The van der Waals surface area contributed by atoms with Gasteiger partial charge in [-0.25, -0.2) is 4.98 Å². The van der Waals surface area contributed by atoms with E-state index < -0.39 is 0 Å². The van der Waals surface area contributed by atoms with E-state index in [9.17, 15) is 5.26 Å². The average Bonchev–Trinajstić information content (AvgIpc) is 2.49. The maximum atomic E-state index is 9.26. The second-order valence-electron chi connectivity index (χ2n) is 4.80. The number of fused-ring (bicyclic) bond motifs is 1. The number of halogens is 1. The normalized spacial score (nSPS) is 13.4. The number of ether oxygens (including phenoxy) is 1. The highest BCUT2D eigenvalue weighted by Crippen LogP contribution is 2.32. The van der Waals surface area contributed by atoms with Crippen molar-refractivity contribution in [2.24, 2.45) is 0 Å². The first-order valence-corrected chi connectivity index (χ1v) is 7.01. The fourth-order valence-electron chi connectivity index (χ4n) is 2.40. The maximum Gasteiger partial charge on any atom is 0.237 e. The second kappa shape index (κ2) is 5.52. The van der Waals surface area contributed by atoms with Crippen LogP contribution in [0.4, 0.5) is 0 Å². The molecule has 0 bridgehead atoms. The number of aryl methyl sites for hydroxylation is 2. The zero-order valence-corrected chi connectivity index (χ0v) is 11.7. The molecule has 2 aromatic rings. The first kappa shape index (κ1) is 13.0. The predicted molar refractivity (Wildman–Crippen MR) is 77.1 cm³/mol. The molecule has 100 valence electrons. The lowest BCUT2D eigenvalue weighted by molar-refractivity contribution is 0.456. The van der Waals surface area contributed by atoms with E-state index in [4.69, 9.17) is 16.3 Å². The third-order valence-electron chi connectivity index (χ3n) is 3.43. The Morgan fingerprint density at radius 2 is 2.00 bits per heavy atom. The topological polar surface area (TPSA) is 45.9 Å². The van der Waals surface area contributed by atoms with E-state index in [0.717, 1.165) is 31.4 Å². The lowest BCUT2D eigenvalue weighted by Gasteiger charge is -2.17. The zero-order valence-electron chi connectivity index (χ0n) is 10.9. The summed E-state index contributed by atoms with van der Waals surface area (Å²) in [5.74, 6) is 0.871. The molecule has 0 spiro atoms. The second-order valence-corrected chi connectivity index (χ2v) is 5.21. The highest BCUT2D eigenvalue weighted by molar-refractivity contribution is 6.32. The van der Waals surface area contributed by atoms with E-state index in [2.05, 4.69) is 11.1 Å². The predicted octanol–water partition coefficient (Wildman–Crippen LogP) is 4.28. The summed E-state index contributed by atoms with van der Waals surface area (Å²) in [6.45, 7) is 0. The van der Waals surface area contributed by atoms with Crippen LogP contribution >= 0.6 is 11.6 Å². The monoisotopic (exact) mass is 284 g/mol. The van der Waals surface area contributed by atoms with Crippen molar-refractivity contribution >= 4 is 11.6 Å². The average molecular weight is 285 g/mol. The van der Waals surface area contributed by atoms with Gasteiger partial charge in [-0.3, -0.25) is 0 Å². The van der Waals surface area contributed by atoms with Crippen LogP contribution in [0.1, 0.15) is 29.7 Å². The number of aromatic nitrogens is 1. The molecule has 0 aliphatic heterocycles. The third kappa shape index (κ3) is 2.48. The molecule has 1 aliphatic carbocycles. The standard InChI is InChI=1S/C16H13ClN2O/c17-13-6-2-4-8-15(13)20-16-12(10-18)9-11-5-1-3-7-14(11)19-16/h2,4,6,8-9H,1,3,5,7H2. The van der Waals surface area contributed by atoms with Gasteiger partial charge in [-0.1, -0.05) is 23.7 Å². The Bertz CT molecular complexity index is 691. The molecule has 0 saturated heterocycles. The van der Waals surface area contributed by atoms with Crippen LogP contribution in [0, 0.1) is 11.3 Å². The van der Waals surface area contributed by atoms with Crippen molar-refractivity contribution < 1.29 is 4.74 Å². The van der Waals surface area contributed by atoms with Gasteiger partial charge in [-0.05, 0) is 49.4 Å². The first-order valence-electron chi connectivity index (χ1n) is 6.63. The summed E-state index contributed by atoms with van der Waals surface area (Å²) < 4.78 is 5.73. The van der Waals surface area contributed by atoms with Gasteiger partial charge in [0.05, 0.1) is 5.02 Å². The van der Waals surface area contributed by atoms with Gasteiger partial charge in [0.2, 0.25) is 5.88 Å². The highest BCUT2D eigenvalue weighted by Gasteiger charge is 2.17. The van der Waals surface area contributed by atoms with Crippen LogP contribution in [0.3, 0.4) is 0 Å². The number of benzene rings is 1. The zero-order chi connectivity index (χ0) is 13.9. The molecule has 1 aromatic carbocycles. The van der Waals surface area contributed by atoms with Crippen LogP contribution in [0.25, 0.3) is 0 Å². The van der Waals surface area contributed by atoms with E-state index in [1.807, 2.05) is 18.2 Å². The lowest BCUT2D eigenvalue weighted by atomic mass is 9.95. The van der Waals surface area contributed by atoms with Crippen molar-refractivity contribution in [1.82, 2.24) is 4.98 Å². The van der Waals surface area contributed by atoms with E-state index in [1.165, 1.54) is 5.56 Å². The van der Waals surface area contributed by atoms with E-state index in [0.29, 0.717) is 22.2 Å². The van der Waals surface area contributed by atoms with Crippen LogP contribution in [0.2, 0.25) is 5.02 Å². The Kier molecular flexibility index (Phi) is 3.58. The highest BCUT2D eigenvalue weighted by atomic mass is 35.5. The minimum Gasteiger partial charge on any atom is -0.436 e. The number of para-hydroxylation sites is 1. The molecule has 0 saturated carbocycles. The molecule has 0 atom stereocenters. The van der Waals surface area contributed by atoms with Crippen LogP contribution < -0.4 is 4.74 Å². The molecule has 0 amide bonds. The molecule has 0 fully saturated rings. The van der Waals surface area contributed by atoms with Crippen molar-refractivity contribution in [3.63, 3.8) is 0 Å². The summed E-state index contributed by atoms with van der Waals surface area (Å²) in [6.07, 6.45) is 4.23. The van der Waals surface area contributed by atoms with Crippen LogP contribution in [-0.2, 0) is 12.8 Å². The summed E-state index contributed by atoms with van der Waals surface area (Å²) in [7, 11) is 0. The summed E-state index contributed by atoms with van der Waals surface area (Å²) in [4.78, 5) is 4.52. The van der Waals surface area contributed by atoms with Crippen molar-refractivity contribution in [2.45, 2.75) is 25.7 Å². The van der Waals surface area contributed by atoms with Crippen LogP contribution in [0.5, 0.6) is 11.6 Å². The lowest BCUT2D eigenvalue weighted by Crippen LogP contribution is -2.07. The van der Waals surface area contributed by atoms with Gasteiger partial charge in [-0.15, -0.1) is 0 Å². The molecule has 1 aromatic heterocycles. The van der Waals surface area contributed by atoms with Crippen molar-refractivity contribution in [3.05, 3.63) is 52.2 Å². The van der Waals surface area contributed by atoms with Gasteiger partial charge in [0.25, 0.3) is 0 Å². The summed E-state index contributed by atoms with van der Waals surface area (Å²) >= 11 is 6.08. The molecule has 3 rings (SSSR count). The molecular weight excluding hydrogens is 272 g/mol. The van der Waals surface area contributed by atoms with E-state index >= 15 is 0 Å². The maximum absolute atomic E-state index is 9.26. The number of nitriles is 1. The van der Waals surface area contributed by atoms with Gasteiger partial charge >= 0.3 is 0 Å². The fourth-order valence-corrected chi connectivity index (χ4v) is 2.58. The Balaban J connectivity index is 2.01. The van der Waals surface area contributed by atoms with Gasteiger partial charge in [0, 0.05) is 5.69 Å². The molecule has 0 unspecified atom stereocenters. The van der Waals surface area contributed by atoms with Gasteiger partial charge in [0.1, 0.15) is 17.4 Å². The number of pyridine rings is 1. The molecule has 1 aliphatic rings. The Morgan fingerprint density at radius 3 is 2.80 bits per heavy atom. The number of nitrogens with zero attached hydrogens (tertiary/aromatic N) is 2. The van der Waals surface area contributed by atoms with E-state index in [-0.39, 0.29) is 0 Å². The Morgan fingerprint density at radius 1 is 1.20 bits per heavy atom. The minimum absolute atomic E-state index is 0.348. The van der Waals surface area contributed by atoms with Gasteiger partial charge in [0.15, 0.2) is 0 Å². The molecule has 0 N–H and O–H groups in total. The van der Waals surface area contributed by atoms with E-state index in [1.54, 1.807) is 12.1 Å². The smallest absolute Gasteiger partial charge is 0.237 e. The molecule has 3 nitrogen and oxygen atoms in total. The van der Waals surface area contributed by atoms with Gasteiger partial charge in [-0.2, -0.15) is 5.26 Å². The summed E-state index contributed by atoms with van der Waals surface area (Å²) in [5, 5.41) is 9.77. The van der Waals surface area contributed by atoms with Crippen molar-refractivity contribution in [3.8, 4) is 17.7 Å². The van der Waals surface area contributed by atoms with Crippen molar-refractivity contribution in [1.29, 1.82) is 5.26 Å². The number of hydrogen-bond donors (Lipinski definition) is 0. The third-order valence-corrected chi connectivity index (χ3v) is 3.74. The SMILES string of the molecule is N#Cc1cc2c(nc1Oc1ccccc1Cl)CCCC2. The Hall–Kier alpha value is -2.05. The molecule has 1 heterocycles. The first-order chi connectivity index (χ1) is 9.78. The van der Waals surface area contributed by atoms with Crippen LogP contribution in [-0.4, -0.2) is 4.98 Å². The molecule has 20 heavy (non-hydrogen) atoms. The number of hydrogen-bond acceptors (Lipinski definition) is 3. The number of rotatable bonds is 2. The summed E-state index contributed by atoms with van der Waals surface area (Å²) in [5.41, 5.74) is 2.67. The largest absolute Gasteiger partial charge is 0.436 e. The quantitative estimate of drug-likeness (QED) is 0.827. The molecular formula is C16H13ClN2O. The minimum atomic E-state index is 0.348. The Labute approximate surface area is 122 Å². The van der Waals surface area contributed by atoms with Crippen LogP contribution in [0.15, 0.2) is 30.3 Å². The molecule has 0 radical (unpaired) electrons.